The standard InChI is InChI=1S/C20H30F2N2O5/c1-5-28-16(26)12-6-8-19(9-7-12,18(2,3)4)29-17(27)24-11-20(21,22)15-13(24)10-14(25)23-15/h12-13,15H,5-11H2,1-4H3,(H,23,25). The van der Waals surface area contributed by atoms with Gasteiger partial charge >= 0.3 is 12.1 Å². The van der Waals surface area contributed by atoms with E-state index >= 15 is 0 Å². The number of rotatable bonds is 3. The lowest BCUT2D eigenvalue weighted by atomic mass is 9.66. The van der Waals surface area contributed by atoms with Gasteiger partial charge in [-0.2, -0.15) is 0 Å². The Morgan fingerprint density at radius 3 is 2.41 bits per heavy atom. The van der Waals surface area contributed by atoms with E-state index in [1.807, 2.05) is 20.8 Å². The molecule has 2 saturated heterocycles. The number of alkyl halides is 2. The first-order valence-corrected chi connectivity index (χ1v) is 10.2. The predicted octanol–water partition coefficient (Wildman–Crippen LogP) is 2.87. The fourth-order valence-electron chi connectivity index (χ4n) is 4.77. The minimum atomic E-state index is -3.19. The van der Waals surface area contributed by atoms with Crippen molar-refractivity contribution in [2.24, 2.45) is 11.3 Å². The summed E-state index contributed by atoms with van der Waals surface area (Å²) in [6.45, 7) is 7.11. The molecule has 1 N–H and O–H groups in total. The van der Waals surface area contributed by atoms with Crippen molar-refractivity contribution in [1.29, 1.82) is 0 Å². The molecule has 3 aliphatic rings. The van der Waals surface area contributed by atoms with E-state index in [9.17, 15) is 23.2 Å². The van der Waals surface area contributed by atoms with Crippen molar-refractivity contribution in [3.05, 3.63) is 0 Å². The number of hydrogen-bond donors (Lipinski definition) is 1. The fourth-order valence-corrected chi connectivity index (χ4v) is 4.77. The third-order valence-electron chi connectivity index (χ3n) is 6.63. The highest BCUT2D eigenvalue weighted by molar-refractivity contribution is 5.82. The number of fused-ring (bicyclic) bond motifs is 1. The summed E-state index contributed by atoms with van der Waals surface area (Å²) >= 11 is 0. The molecule has 3 rings (SSSR count). The second kappa shape index (κ2) is 7.40. The van der Waals surface area contributed by atoms with Crippen LogP contribution in [0.5, 0.6) is 0 Å². The van der Waals surface area contributed by atoms with Gasteiger partial charge in [-0.15, -0.1) is 0 Å². The van der Waals surface area contributed by atoms with Crippen LogP contribution in [0.3, 0.4) is 0 Å². The second-order valence-corrected chi connectivity index (χ2v) is 9.34. The fraction of sp³-hybridized carbons (Fsp3) is 0.850. The largest absolute Gasteiger partial charge is 0.466 e. The maximum absolute atomic E-state index is 14.3. The maximum Gasteiger partial charge on any atom is 0.410 e. The molecule has 164 valence electrons. The van der Waals surface area contributed by atoms with Crippen LogP contribution in [0.15, 0.2) is 0 Å². The first kappa shape index (κ1) is 21.8. The SMILES string of the molecule is CCOC(=O)C1CCC(OC(=O)N2CC(F)(F)C3NC(=O)CC32)(C(C)(C)C)CC1. The van der Waals surface area contributed by atoms with E-state index in [0.29, 0.717) is 32.3 Å². The van der Waals surface area contributed by atoms with E-state index in [0.717, 1.165) is 4.90 Å². The molecule has 2 heterocycles. The summed E-state index contributed by atoms with van der Waals surface area (Å²) in [7, 11) is 0. The molecule has 3 fully saturated rings. The zero-order chi connectivity index (χ0) is 21.6. The van der Waals surface area contributed by atoms with Gasteiger partial charge in [0.15, 0.2) is 0 Å². The van der Waals surface area contributed by atoms with Crippen LogP contribution in [-0.2, 0) is 19.1 Å². The molecule has 0 aromatic carbocycles. The van der Waals surface area contributed by atoms with Crippen molar-refractivity contribution in [3.63, 3.8) is 0 Å². The average molecular weight is 416 g/mol. The first-order valence-electron chi connectivity index (χ1n) is 10.2. The number of halogens is 2. The topological polar surface area (TPSA) is 84.9 Å². The molecule has 2 amide bonds. The minimum absolute atomic E-state index is 0.150. The highest BCUT2D eigenvalue weighted by Gasteiger charge is 2.61. The van der Waals surface area contributed by atoms with Gasteiger partial charge in [0.2, 0.25) is 5.91 Å². The number of esters is 1. The number of likely N-dealkylation sites (tertiary alicyclic amines) is 1. The molecule has 2 unspecified atom stereocenters. The molecule has 0 radical (unpaired) electrons. The van der Waals surface area contributed by atoms with Crippen LogP contribution < -0.4 is 5.32 Å². The van der Waals surface area contributed by atoms with Gasteiger partial charge in [-0.3, -0.25) is 14.5 Å². The highest BCUT2D eigenvalue weighted by atomic mass is 19.3. The Kier molecular flexibility index (Phi) is 5.55. The summed E-state index contributed by atoms with van der Waals surface area (Å²) in [4.78, 5) is 37.6. The number of hydrogen-bond acceptors (Lipinski definition) is 5. The van der Waals surface area contributed by atoms with Gasteiger partial charge in [0, 0.05) is 11.8 Å². The van der Waals surface area contributed by atoms with E-state index in [2.05, 4.69) is 5.32 Å². The summed E-state index contributed by atoms with van der Waals surface area (Å²) in [6.07, 6.45) is 0.931. The molecular formula is C20H30F2N2O5. The zero-order valence-corrected chi connectivity index (χ0v) is 17.4. The van der Waals surface area contributed by atoms with E-state index in [4.69, 9.17) is 9.47 Å². The monoisotopic (exact) mass is 416 g/mol. The molecule has 2 atom stereocenters. The molecule has 0 aromatic rings. The van der Waals surface area contributed by atoms with Crippen LogP contribution in [0, 0.1) is 11.3 Å². The third-order valence-corrected chi connectivity index (χ3v) is 6.63. The number of carbonyl (C=O) groups excluding carboxylic acids is 3. The molecular weight excluding hydrogens is 386 g/mol. The molecule has 7 nitrogen and oxygen atoms in total. The molecule has 0 bridgehead atoms. The molecule has 29 heavy (non-hydrogen) atoms. The smallest absolute Gasteiger partial charge is 0.410 e. The van der Waals surface area contributed by atoms with Gasteiger partial charge in [-0.05, 0) is 32.6 Å². The lowest BCUT2D eigenvalue weighted by molar-refractivity contribution is -0.155. The van der Waals surface area contributed by atoms with E-state index in [1.165, 1.54) is 0 Å². The van der Waals surface area contributed by atoms with Gasteiger partial charge in [-0.25, -0.2) is 13.6 Å². The van der Waals surface area contributed by atoms with Crippen molar-refractivity contribution < 1.29 is 32.6 Å². The van der Waals surface area contributed by atoms with Crippen LogP contribution in [0.1, 0.15) is 59.8 Å². The molecule has 1 aliphatic carbocycles. The van der Waals surface area contributed by atoms with Gasteiger partial charge < -0.3 is 14.8 Å². The second-order valence-electron chi connectivity index (χ2n) is 9.34. The van der Waals surface area contributed by atoms with Crippen molar-refractivity contribution in [2.75, 3.05) is 13.2 Å². The van der Waals surface area contributed by atoms with Crippen molar-refractivity contribution in [2.45, 2.75) is 83.4 Å². The summed E-state index contributed by atoms with van der Waals surface area (Å²) in [6, 6.07) is -2.27. The van der Waals surface area contributed by atoms with Crippen molar-refractivity contribution >= 4 is 18.0 Å². The molecule has 9 heteroatoms. The Hall–Kier alpha value is -1.93. The Morgan fingerprint density at radius 1 is 1.24 bits per heavy atom. The van der Waals surface area contributed by atoms with Gasteiger partial charge in [-0.1, -0.05) is 20.8 Å². The van der Waals surface area contributed by atoms with Gasteiger partial charge in [0.25, 0.3) is 5.92 Å². The minimum Gasteiger partial charge on any atom is -0.466 e. The Labute approximate surface area is 169 Å². The lowest BCUT2D eigenvalue weighted by Gasteiger charge is -2.48. The summed E-state index contributed by atoms with van der Waals surface area (Å²) < 4.78 is 39.6. The molecule has 0 spiro atoms. The molecule has 2 aliphatic heterocycles. The number of nitrogens with zero attached hydrogens (tertiary/aromatic N) is 1. The molecule has 1 saturated carbocycles. The Morgan fingerprint density at radius 2 is 1.86 bits per heavy atom. The molecule has 0 aromatic heterocycles. The summed E-state index contributed by atoms with van der Waals surface area (Å²) in [5.41, 5.74) is -1.33. The van der Waals surface area contributed by atoms with Crippen molar-refractivity contribution in [3.8, 4) is 0 Å². The number of ether oxygens (including phenoxy) is 2. The van der Waals surface area contributed by atoms with Crippen LogP contribution in [0.2, 0.25) is 0 Å². The number of carbonyl (C=O) groups is 3. The van der Waals surface area contributed by atoms with E-state index in [-0.39, 0.29) is 18.3 Å². The van der Waals surface area contributed by atoms with Crippen LogP contribution in [0.4, 0.5) is 13.6 Å². The maximum atomic E-state index is 14.3. The normalized spacial score (nSPS) is 33.8. The summed E-state index contributed by atoms with van der Waals surface area (Å²) in [5.74, 6) is -4.18. The van der Waals surface area contributed by atoms with E-state index in [1.54, 1.807) is 6.92 Å². The van der Waals surface area contributed by atoms with Crippen LogP contribution in [-0.4, -0.2) is 59.6 Å². The van der Waals surface area contributed by atoms with Crippen molar-refractivity contribution in [1.82, 2.24) is 10.2 Å². The lowest BCUT2D eigenvalue weighted by Crippen LogP contribution is -2.53. The quantitative estimate of drug-likeness (QED) is 0.715. The predicted molar refractivity (Wildman–Crippen MR) is 99.2 cm³/mol. The Bertz CT molecular complexity index is 683. The number of nitrogens with one attached hydrogen (secondary N) is 1. The van der Waals surface area contributed by atoms with Crippen LogP contribution >= 0.6 is 0 Å². The van der Waals surface area contributed by atoms with Gasteiger partial charge in [0.1, 0.15) is 11.6 Å². The first-order chi connectivity index (χ1) is 13.4. The highest BCUT2D eigenvalue weighted by Crippen LogP contribution is 2.48. The summed E-state index contributed by atoms with van der Waals surface area (Å²) in [5, 5.41) is 2.27. The third kappa shape index (κ3) is 3.92. The van der Waals surface area contributed by atoms with Gasteiger partial charge in [0.05, 0.1) is 25.1 Å². The number of amides is 2. The average Bonchev–Trinajstić information content (AvgIpc) is 3.11. The van der Waals surface area contributed by atoms with E-state index < -0.39 is 47.6 Å². The zero-order valence-electron chi connectivity index (χ0n) is 17.4. The van der Waals surface area contributed by atoms with Crippen LogP contribution in [0.25, 0.3) is 0 Å². The Balaban J connectivity index is 1.74.